The Labute approximate surface area is 162 Å². The lowest BCUT2D eigenvalue weighted by molar-refractivity contribution is -0.0266. The summed E-state index contributed by atoms with van der Waals surface area (Å²) in [5.41, 5.74) is 2.12. The van der Waals surface area contributed by atoms with E-state index < -0.39 is 0 Å². The van der Waals surface area contributed by atoms with Crippen LogP contribution in [0.4, 0.5) is 4.79 Å². The van der Waals surface area contributed by atoms with E-state index >= 15 is 0 Å². The molecular formula is C22H32N2O3. The molecule has 1 aliphatic carbocycles. The van der Waals surface area contributed by atoms with E-state index in [1.54, 1.807) is 6.07 Å². The van der Waals surface area contributed by atoms with Gasteiger partial charge in [0.05, 0.1) is 0 Å². The molecule has 148 valence electrons. The molecule has 1 aromatic rings. The van der Waals surface area contributed by atoms with Crippen molar-refractivity contribution < 1.29 is 15.0 Å². The maximum atomic E-state index is 13.4. The van der Waals surface area contributed by atoms with Crippen molar-refractivity contribution >= 4 is 6.03 Å². The molecule has 0 spiro atoms. The van der Waals surface area contributed by atoms with Crippen LogP contribution in [0.2, 0.25) is 0 Å². The lowest BCUT2D eigenvalue weighted by atomic mass is 9.51. The highest BCUT2D eigenvalue weighted by atomic mass is 16.3. The van der Waals surface area contributed by atoms with Crippen LogP contribution in [0, 0.1) is 11.3 Å². The Morgan fingerprint density at radius 1 is 1.26 bits per heavy atom. The minimum atomic E-state index is -0.0755. The third-order valence-electron chi connectivity index (χ3n) is 7.92. The van der Waals surface area contributed by atoms with Gasteiger partial charge < -0.3 is 20.0 Å². The summed E-state index contributed by atoms with van der Waals surface area (Å²) in [5.74, 6) is 0.550. The number of phenolic OH excluding ortho intramolecular Hbond substituents is 1. The molecule has 1 aromatic carbocycles. The molecule has 2 saturated heterocycles. The van der Waals surface area contributed by atoms with Gasteiger partial charge in [-0.15, -0.1) is 0 Å². The molecular weight excluding hydrogens is 340 g/mol. The summed E-state index contributed by atoms with van der Waals surface area (Å²) < 4.78 is 0. The molecule has 2 amide bonds. The Hall–Kier alpha value is -1.75. The zero-order chi connectivity index (χ0) is 19.4. The molecule has 3 atom stereocenters. The molecule has 2 aliphatic heterocycles. The SMILES string of the molecule is CC1(C)[C@H]2Cc3c(O)cccc3[C@]1(C)CCN2C(=O)N1CCCC(CO)C1. The van der Waals surface area contributed by atoms with Crippen LogP contribution in [-0.4, -0.2) is 58.3 Å². The second kappa shape index (κ2) is 6.40. The van der Waals surface area contributed by atoms with Crippen molar-refractivity contribution in [1.82, 2.24) is 9.80 Å². The van der Waals surface area contributed by atoms with Gasteiger partial charge in [0.2, 0.25) is 0 Å². The third-order valence-corrected chi connectivity index (χ3v) is 7.92. The maximum Gasteiger partial charge on any atom is 0.320 e. The van der Waals surface area contributed by atoms with Gasteiger partial charge in [-0.05, 0) is 54.2 Å². The van der Waals surface area contributed by atoms with Crippen molar-refractivity contribution in [3.05, 3.63) is 29.3 Å². The summed E-state index contributed by atoms with van der Waals surface area (Å²) in [6.07, 6.45) is 3.55. The number of rotatable bonds is 1. The number of urea groups is 1. The Morgan fingerprint density at radius 2 is 2.04 bits per heavy atom. The molecule has 5 heteroatoms. The van der Waals surface area contributed by atoms with Gasteiger partial charge in [-0.3, -0.25) is 0 Å². The van der Waals surface area contributed by atoms with E-state index in [0.29, 0.717) is 18.7 Å². The predicted octanol–water partition coefficient (Wildman–Crippen LogP) is 3.13. The highest BCUT2D eigenvalue weighted by molar-refractivity contribution is 5.76. The summed E-state index contributed by atoms with van der Waals surface area (Å²) in [7, 11) is 0. The molecule has 0 aromatic heterocycles. The van der Waals surface area contributed by atoms with Crippen molar-refractivity contribution in [2.45, 2.75) is 57.9 Å². The first-order valence-corrected chi connectivity index (χ1v) is 10.3. The number of likely N-dealkylation sites (tertiary alicyclic amines) is 2. The van der Waals surface area contributed by atoms with E-state index in [1.807, 2.05) is 11.0 Å². The Balaban J connectivity index is 1.67. The van der Waals surface area contributed by atoms with E-state index in [4.69, 9.17) is 0 Å². The summed E-state index contributed by atoms with van der Waals surface area (Å²) in [4.78, 5) is 17.4. The summed E-state index contributed by atoms with van der Waals surface area (Å²) in [6, 6.07) is 6.03. The number of hydrogen-bond donors (Lipinski definition) is 2. The molecule has 4 rings (SSSR count). The van der Waals surface area contributed by atoms with Gasteiger partial charge in [-0.1, -0.05) is 32.9 Å². The predicted molar refractivity (Wildman–Crippen MR) is 105 cm³/mol. The number of carbonyl (C=O) groups is 1. The van der Waals surface area contributed by atoms with E-state index in [9.17, 15) is 15.0 Å². The fourth-order valence-corrected chi connectivity index (χ4v) is 5.72. The fraction of sp³-hybridized carbons (Fsp3) is 0.682. The highest BCUT2D eigenvalue weighted by Crippen LogP contribution is 2.57. The minimum absolute atomic E-state index is 0.0592. The standard InChI is InChI=1S/C22H32N2O3/c1-21(2)19-12-16-17(7-4-8-18(16)26)22(21,3)9-11-24(19)20(27)23-10-5-6-15(13-23)14-25/h4,7-8,15,19,25-26H,5-6,9-14H2,1-3H3/t15?,19-,22+/m1/s1. The van der Waals surface area contributed by atoms with E-state index in [0.717, 1.165) is 37.9 Å². The van der Waals surface area contributed by atoms with Gasteiger partial charge in [0.15, 0.2) is 0 Å². The van der Waals surface area contributed by atoms with Crippen LogP contribution in [0.25, 0.3) is 0 Å². The first-order valence-electron chi connectivity index (χ1n) is 10.3. The first-order chi connectivity index (χ1) is 12.8. The summed E-state index contributed by atoms with van der Waals surface area (Å²) in [6.45, 7) is 9.17. The zero-order valence-corrected chi connectivity index (χ0v) is 16.7. The number of piperidine rings is 2. The Morgan fingerprint density at radius 3 is 2.78 bits per heavy atom. The van der Waals surface area contributed by atoms with Crippen LogP contribution in [0.15, 0.2) is 18.2 Å². The van der Waals surface area contributed by atoms with E-state index in [-0.39, 0.29) is 35.4 Å². The number of aliphatic hydroxyl groups is 1. The van der Waals surface area contributed by atoms with Gasteiger partial charge in [0.25, 0.3) is 0 Å². The van der Waals surface area contributed by atoms with Crippen LogP contribution in [0.1, 0.15) is 51.2 Å². The van der Waals surface area contributed by atoms with Crippen molar-refractivity contribution in [3.8, 4) is 5.75 Å². The number of amides is 2. The van der Waals surface area contributed by atoms with Crippen LogP contribution < -0.4 is 0 Å². The normalized spacial score (nSPS) is 32.1. The molecule has 2 N–H and O–H groups in total. The van der Waals surface area contributed by atoms with Gasteiger partial charge in [-0.25, -0.2) is 4.79 Å². The third kappa shape index (κ3) is 2.65. The van der Waals surface area contributed by atoms with Crippen molar-refractivity contribution in [3.63, 3.8) is 0 Å². The van der Waals surface area contributed by atoms with Crippen LogP contribution in [0.5, 0.6) is 5.75 Å². The van der Waals surface area contributed by atoms with Crippen LogP contribution >= 0.6 is 0 Å². The molecule has 0 radical (unpaired) electrons. The number of carbonyl (C=O) groups excluding carboxylic acids is 1. The van der Waals surface area contributed by atoms with Gasteiger partial charge in [-0.2, -0.15) is 0 Å². The van der Waals surface area contributed by atoms with Crippen LogP contribution in [-0.2, 0) is 11.8 Å². The molecule has 5 nitrogen and oxygen atoms in total. The molecule has 2 bridgehead atoms. The summed E-state index contributed by atoms with van der Waals surface area (Å²) in [5, 5.41) is 20.0. The van der Waals surface area contributed by atoms with Crippen LogP contribution in [0.3, 0.4) is 0 Å². The smallest absolute Gasteiger partial charge is 0.320 e. The number of benzene rings is 1. The Bertz CT molecular complexity index is 747. The van der Waals surface area contributed by atoms with Crippen molar-refractivity contribution in [1.29, 1.82) is 0 Å². The molecule has 2 heterocycles. The highest BCUT2D eigenvalue weighted by Gasteiger charge is 2.57. The second-order valence-corrected chi connectivity index (χ2v) is 9.44. The maximum absolute atomic E-state index is 13.4. The van der Waals surface area contributed by atoms with Gasteiger partial charge in [0.1, 0.15) is 5.75 Å². The van der Waals surface area contributed by atoms with E-state index in [2.05, 4.69) is 31.7 Å². The average Bonchev–Trinajstić information content (AvgIpc) is 2.65. The van der Waals surface area contributed by atoms with Gasteiger partial charge in [0, 0.05) is 37.7 Å². The fourth-order valence-electron chi connectivity index (χ4n) is 5.72. The number of hydrogen-bond acceptors (Lipinski definition) is 3. The molecule has 27 heavy (non-hydrogen) atoms. The minimum Gasteiger partial charge on any atom is -0.508 e. The second-order valence-electron chi connectivity index (χ2n) is 9.44. The summed E-state index contributed by atoms with van der Waals surface area (Å²) >= 11 is 0. The average molecular weight is 373 g/mol. The molecule has 0 saturated carbocycles. The monoisotopic (exact) mass is 372 g/mol. The molecule has 3 aliphatic rings. The lowest BCUT2D eigenvalue weighted by Gasteiger charge is -2.61. The zero-order valence-electron chi connectivity index (χ0n) is 16.7. The van der Waals surface area contributed by atoms with Crippen molar-refractivity contribution in [2.75, 3.05) is 26.2 Å². The topological polar surface area (TPSA) is 64.0 Å². The lowest BCUT2D eigenvalue weighted by Crippen LogP contribution is -2.66. The number of aliphatic hydroxyl groups excluding tert-OH is 1. The first kappa shape index (κ1) is 18.6. The number of aromatic hydroxyl groups is 1. The molecule has 1 unspecified atom stereocenters. The number of phenols is 1. The largest absolute Gasteiger partial charge is 0.508 e. The van der Waals surface area contributed by atoms with Crippen molar-refractivity contribution in [2.24, 2.45) is 11.3 Å². The van der Waals surface area contributed by atoms with Gasteiger partial charge >= 0.3 is 6.03 Å². The Kier molecular flexibility index (Phi) is 4.41. The number of fused-ring (bicyclic) bond motifs is 4. The quantitative estimate of drug-likeness (QED) is 0.796. The number of nitrogens with zero attached hydrogens (tertiary/aromatic N) is 2. The molecule has 2 fully saturated rings. The van der Waals surface area contributed by atoms with E-state index in [1.165, 1.54) is 5.56 Å².